The summed E-state index contributed by atoms with van der Waals surface area (Å²) in [4.78, 5) is 44.2. The van der Waals surface area contributed by atoms with E-state index in [1.807, 2.05) is 58.0 Å². The highest BCUT2D eigenvalue weighted by Crippen LogP contribution is 2.28. The van der Waals surface area contributed by atoms with Crippen LogP contribution in [0.15, 0.2) is 47.5 Å². The maximum atomic E-state index is 13.2. The van der Waals surface area contributed by atoms with Gasteiger partial charge in [0.2, 0.25) is 0 Å². The molecule has 0 aliphatic heterocycles. The van der Waals surface area contributed by atoms with Crippen LogP contribution in [0.2, 0.25) is 0 Å². The summed E-state index contributed by atoms with van der Waals surface area (Å²) in [5, 5.41) is 3.31. The number of Topliss-reactive ketones (excluding diaryl/α,β-unsaturated/α-hetero) is 1. The van der Waals surface area contributed by atoms with Crippen molar-refractivity contribution < 1.29 is 9.59 Å². The molecule has 0 aliphatic rings. The predicted molar refractivity (Wildman–Crippen MR) is 133 cm³/mol. The van der Waals surface area contributed by atoms with E-state index >= 15 is 0 Å². The molecule has 1 N–H and O–H groups in total. The van der Waals surface area contributed by atoms with Crippen molar-refractivity contribution in [1.29, 1.82) is 0 Å². The van der Waals surface area contributed by atoms with E-state index in [9.17, 15) is 14.4 Å². The number of anilines is 1. The second-order valence-electron chi connectivity index (χ2n) is 8.41. The fraction of sp³-hybridized carbons (Fsp3) is 0.231. The van der Waals surface area contributed by atoms with Crippen molar-refractivity contribution in [3.8, 4) is 0 Å². The van der Waals surface area contributed by atoms with Crippen LogP contribution in [0.4, 0.5) is 5.69 Å². The van der Waals surface area contributed by atoms with Crippen LogP contribution in [0.5, 0.6) is 0 Å². The molecule has 6 nitrogen and oxygen atoms in total. The minimum atomic E-state index is -0.323. The van der Waals surface area contributed by atoms with E-state index in [0.717, 1.165) is 27.9 Å². The maximum Gasteiger partial charge on any atom is 0.266 e. The lowest BCUT2D eigenvalue weighted by Gasteiger charge is -2.08. The van der Waals surface area contributed by atoms with Crippen molar-refractivity contribution in [3.63, 3.8) is 0 Å². The molecule has 4 aromatic rings. The third kappa shape index (κ3) is 4.36. The number of aryl methyl sites for hydroxylation is 5. The summed E-state index contributed by atoms with van der Waals surface area (Å²) < 4.78 is 1.31. The number of amides is 1. The van der Waals surface area contributed by atoms with E-state index in [-0.39, 0.29) is 23.8 Å². The molecule has 2 aromatic carbocycles. The van der Waals surface area contributed by atoms with Gasteiger partial charge in [0.25, 0.3) is 11.5 Å². The Morgan fingerprint density at radius 2 is 1.73 bits per heavy atom. The Labute approximate surface area is 195 Å². The highest BCUT2D eigenvalue weighted by atomic mass is 32.1. The molecule has 0 spiro atoms. The zero-order chi connectivity index (χ0) is 23.9. The highest BCUT2D eigenvalue weighted by Gasteiger charge is 2.21. The molecular weight excluding hydrogens is 434 g/mol. The molecule has 4 rings (SSSR count). The summed E-state index contributed by atoms with van der Waals surface area (Å²) in [7, 11) is 0. The largest absolute Gasteiger partial charge is 0.321 e. The van der Waals surface area contributed by atoms with Gasteiger partial charge in [-0.25, -0.2) is 4.98 Å². The van der Waals surface area contributed by atoms with E-state index in [0.29, 0.717) is 26.2 Å². The Hall–Kier alpha value is -3.58. The first-order valence-electron chi connectivity index (χ1n) is 10.6. The van der Waals surface area contributed by atoms with Crippen LogP contribution in [0, 0.1) is 34.6 Å². The number of nitrogens with one attached hydrogen (secondary N) is 1. The molecular formula is C26H25N3O3S. The van der Waals surface area contributed by atoms with Crippen LogP contribution in [-0.2, 0) is 6.54 Å². The van der Waals surface area contributed by atoms with E-state index in [4.69, 9.17) is 0 Å². The molecule has 0 fully saturated rings. The lowest BCUT2D eigenvalue weighted by molar-refractivity contribution is 0.0969. The number of fused-ring (bicyclic) bond motifs is 1. The van der Waals surface area contributed by atoms with Gasteiger partial charge < -0.3 is 5.32 Å². The summed E-state index contributed by atoms with van der Waals surface area (Å²) >= 11 is 1.18. The number of carbonyl (C=O) groups is 2. The Morgan fingerprint density at radius 1 is 0.970 bits per heavy atom. The van der Waals surface area contributed by atoms with Crippen LogP contribution >= 0.6 is 11.3 Å². The maximum absolute atomic E-state index is 13.2. The van der Waals surface area contributed by atoms with E-state index < -0.39 is 0 Å². The standard InChI is InChI=1S/C26H25N3O3S/c1-14-6-9-20(17(4)10-14)28-24(31)23-18(5)22-25(33-23)27-13-29(26(22)32)12-21(30)19-8-7-15(2)16(3)11-19/h6-11,13H,12H2,1-5H3,(H,28,31). The molecule has 0 saturated heterocycles. The van der Waals surface area contributed by atoms with Gasteiger partial charge in [-0.1, -0.05) is 29.8 Å². The van der Waals surface area contributed by atoms with Crippen LogP contribution in [0.1, 0.15) is 47.8 Å². The lowest BCUT2D eigenvalue weighted by atomic mass is 10.0. The van der Waals surface area contributed by atoms with Gasteiger partial charge >= 0.3 is 0 Å². The van der Waals surface area contributed by atoms with Gasteiger partial charge in [0.05, 0.1) is 23.1 Å². The Bertz CT molecular complexity index is 1480. The molecule has 0 saturated carbocycles. The monoisotopic (exact) mass is 459 g/mol. The molecule has 1 amide bonds. The number of carbonyl (C=O) groups excluding carboxylic acids is 2. The Balaban J connectivity index is 1.65. The molecule has 2 aromatic heterocycles. The average Bonchev–Trinajstić information content (AvgIpc) is 3.11. The first-order valence-corrected chi connectivity index (χ1v) is 11.4. The second-order valence-corrected chi connectivity index (χ2v) is 9.41. The molecule has 0 bridgehead atoms. The molecule has 2 heterocycles. The first kappa shape index (κ1) is 22.6. The summed E-state index contributed by atoms with van der Waals surface area (Å²) in [5.74, 6) is -0.443. The van der Waals surface area contributed by atoms with E-state index in [1.165, 1.54) is 22.2 Å². The molecule has 7 heteroatoms. The zero-order valence-corrected chi connectivity index (χ0v) is 20.1. The Morgan fingerprint density at radius 3 is 2.42 bits per heavy atom. The minimum absolute atomic E-state index is 0.107. The van der Waals surface area contributed by atoms with Crippen LogP contribution in [-0.4, -0.2) is 21.2 Å². The van der Waals surface area contributed by atoms with Crippen LogP contribution in [0.3, 0.4) is 0 Å². The van der Waals surface area contributed by atoms with Crippen molar-refractivity contribution in [2.75, 3.05) is 5.32 Å². The van der Waals surface area contributed by atoms with Gasteiger partial charge in [-0.05, 0) is 69.0 Å². The number of benzene rings is 2. The minimum Gasteiger partial charge on any atom is -0.321 e. The molecule has 33 heavy (non-hydrogen) atoms. The number of ketones is 1. The lowest BCUT2D eigenvalue weighted by Crippen LogP contribution is -2.24. The summed E-state index contributed by atoms with van der Waals surface area (Å²) in [6.07, 6.45) is 1.38. The number of thiophene rings is 1. The predicted octanol–water partition coefficient (Wildman–Crippen LogP) is 5.14. The molecule has 168 valence electrons. The number of aromatic nitrogens is 2. The fourth-order valence-electron chi connectivity index (χ4n) is 3.78. The first-order chi connectivity index (χ1) is 15.7. The Kier molecular flexibility index (Phi) is 5.99. The molecule has 0 unspecified atom stereocenters. The summed E-state index contributed by atoms with van der Waals surface area (Å²) in [5.41, 5.74) is 5.74. The van der Waals surface area contributed by atoms with E-state index in [1.54, 1.807) is 13.0 Å². The van der Waals surface area contributed by atoms with Crippen molar-refractivity contribution in [3.05, 3.63) is 91.3 Å². The van der Waals surface area contributed by atoms with Crippen molar-refractivity contribution in [2.24, 2.45) is 0 Å². The smallest absolute Gasteiger partial charge is 0.266 e. The van der Waals surface area contributed by atoms with Gasteiger partial charge in [0.1, 0.15) is 4.83 Å². The number of rotatable bonds is 5. The molecule has 0 radical (unpaired) electrons. The second kappa shape index (κ2) is 8.75. The van der Waals surface area contributed by atoms with Crippen molar-refractivity contribution in [1.82, 2.24) is 9.55 Å². The normalized spacial score (nSPS) is 11.1. The highest BCUT2D eigenvalue weighted by molar-refractivity contribution is 7.20. The fourth-order valence-corrected chi connectivity index (χ4v) is 4.82. The number of hydrogen-bond donors (Lipinski definition) is 1. The summed E-state index contributed by atoms with van der Waals surface area (Å²) in [6.45, 7) is 9.51. The third-order valence-corrected chi connectivity index (χ3v) is 7.10. The zero-order valence-electron chi connectivity index (χ0n) is 19.3. The van der Waals surface area contributed by atoms with Crippen LogP contribution < -0.4 is 10.9 Å². The number of nitrogens with zero attached hydrogens (tertiary/aromatic N) is 2. The third-order valence-electron chi connectivity index (χ3n) is 5.90. The SMILES string of the molecule is Cc1ccc(NC(=O)c2sc3ncn(CC(=O)c4ccc(C)c(C)c4)c(=O)c3c2C)c(C)c1. The number of hydrogen-bond acceptors (Lipinski definition) is 5. The van der Waals surface area contributed by atoms with Crippen molar-refractivity contribution in [2.45, 2.75) is 41.2 Å². The van der Waals surface area contributed by atoms with Gasteiger partial charge in [-0.15, -0.1) is 11.3 Å². The summed E-state index contributed by atoms with van der Waals surface area (Å²) in [6, 6.07) is 11.3. The van der Waals surface area contributed by atoms with Gasteiger partial charge in [-0.3, -0.25) is 19.0 Å². The van der Waals surface area contributed by atoms with Gasteiger partial charge in [-0.2, -0.15) is 0 Å². The quantitative estimate of drug-likeness (QED) is 0.419. The van der Waals surface area contributed by atoms with Crippen molar-refractivity contribution >= 4 is 38.9 Å². The van der Waals surface area contributed by atoms with Gasteiger partial charge in [0.15, 0.2) is 5.78 Å². The molecule has 0 atom stereocenters. The topological polar surface area (TPSA) is 81.1 Å². The molecule has 0 aliphatic carbocycles. The van der Waals surface area contributed by atoms with Crippen LogP contribution in [0.25, 0.3) is 10.2 Å². The van der Waals surface area contributed by atoms with E-state index in [2.05, 4.69) is 10.3 Å². The average molecular weight is 460 g/mol. The van der Waals surface area contributed by atoms with Gasteiger partial charge in [0, 0.05) is 11.3 Å².